The first-order valence-electron chi connectivity index (χ1n) is 6.58. The van der Waals surface area contributed by atoms with Crippen LogP contribution in [0.2, 0.25) is 0 Å². The van der Waals surface area contributed by atoms with Crippen LogP contribution < -0.4 is 0 Å². The molecule has 0 radical (unpaired) electrons. The quantitative estimate of drug-likeness (QED) is 0.511. The molecule has 9 heteroatoms. The van der Waals surface area contributed by atoms with Crippen LogP contribution in [-0.2, 0) is 10.0 Å². The van der Waals surface area contributed by atoms with Crippen molar-refractivity contribution in [2.45, 2.75) is 30.5 Å². The van der Waals surface area contributed by atoms with Crippen molar-refractivity contribution in [2.24, 2.45) is 11.0 Å². The van der Waals surface area contributed by atoms with Crippen molar-refractivity contribution in [2.75, 3.05) is 13.1 Å². The van der Waals surface area contributed by atoms with Crippen LogP contribution in [0.1, 0.15) is 13.3 Å². The van der Waals surface area contributed by atoms with Crippen molar-refractivity contribution < 1.29 is 13.5 Å². The van der Waals surface area contributed by atoms with Gasteiger partial charge in [0.15, 0.2) is 5.03 Å². The second kappa shape index (κ2) is 6.40. The lowest BCUT2D eigenvalue weighted by Gasteiger charge is -2.23. The van der Waals surface area contributed by atoms with E-state index in [9.17, 15) is 13.5 Å². The zero-order valence-electron chi connectivity index (χ0n) is 11.6. The highest BCUT2D eigenvalue weighted by Gasteiger charge is 2.35. The predicted molar refractivity (Wildman–Crippen MR) is 75.7 cm³/mol. The van der Waals surface area contributed by atoms with Crippen LogP contribution in [0.3, 0.4) is 0 Å². The molecule has 1 aromatic rings. The molecule has 2 rings (SSSR count). The van der Waals surface area contributed by atoms with Crippen molar-refractivity contribution >= 4 is 10.0 Å². The Balaban J connectivity index is 2.30. The molecule has 0 bridgehead atoms. The lowest BCUT2D eigenvalue weighted by atomic mass is 10.0. The van der Waals surface area contributed by atoms with Crippen molar-refractivity contribution in [1.82, 2.24) is 9.29 Å². The van der Waals surface area contributed by atoms with E-state index in [2.05, 4.69) is 15.0 Å². The minimum absolute atomic E-state index is 0.0314. The molecule has 1 aliphatic heterocycles. The minimum Gasteiger partial charge on any atom is -0.391 e. The second-order valence-corrected chi connectivity index (χ2v) is 7.06. The maximum Gasteiger partial charge on any atom is 0.260 e. The van der Waals surface area contributed by atoms with Crippen molar-refractivity contribution in [3.63, 3.8) is 0 Å². The molecule has 8 nitrogen and oxygen atoms in total. The highest BCUT2D eigenvalue weighted by Crippen LogP contribution is 2.24. The van der Waals surface area contributed by atoms with Crippen LogP contribution in [0, 0.1) is 5.92 Å². The Morgan fingerprint density at radius 3 is 2.86 bits per heavy atom. The summed E-state index contributed by atoms with van der Waals surface area (Å²) >= 11 is 0. The van der Waals surface area contributed by atoms with Gasteiger partial charge in [-0.3, -0.25) is 0 Å². The molecule has 1 N–H and O–H groups in total. The van der Waals surface area contributed by atoms with Gasteiger partial charge in [0, 0.05) is 24.2 Å². The SMILES string of the molecule is C[C@H]1C[C@@H](N=[N+]=[N-])[C@H](O)CN(S(=O)(=O)c2ccccn2)C1. The fourth-order valence-electron chi connectivity index (χ4n) is 2.41. The summed E-state index contributed by atoms with van der Waals surface area (Å²) in [5, 5.41) is 13.6. The largest absolute Gasteiger partial charge is 0.391 e. The Morgan fingerprint density at radius 1 is 1.48 bits per heavy atom. The van der Waals surface area contributed by atoms with E-state index < -0.39 is 22.2 Å². The Morgan fingerprint density at radius 2 is 2.24 bits per heavy atom. The normalized spacial score (nSPS) is 27.6. The molecule has 0 unspecified atom stereocenters. The number of aromatic nitrogens is 1. The van der Waals surface area contributed by atoms with Gasteiger partial charge in [-0.2, -0.15) is 4.31 Å². The van der Waals surface area contributed by atoms with Crippen LogP contribution >= 0.6 is 0 Å². The number of β-amino-alcohol motifs (C(OH)–C–C–N with tert-alkyl or cyclic N) is 1. The monoisotopic (exact) mass is 311 g/mol. The highest BCUT2D eigenvalue weighted by atomic mass is 32.2. The molecule has 114 valence electrons. The number of hydrogen-bond acceptors (Lipinski definition) is 5. The fraction of sp³-hybridized carbons (Fsp3) is 0.583. The summed E-state index contributed by atoms with van der Waals surface area (Å²) in [4.78, 5) is 6.58. The number of pyridine rings is 1. The van der Waals surface area contributed by atoms with Gasteiger partial charge in [0.25, 0.3) is 10.0 Å². The van der Waals surface area contributed by atoms with Crippen molar-refractivity contribution in [1.29, 1.82) is 0 Å². The van der Waals surface area contributed by atoms with E-state index in [1.807, 2.05) is 6.92 Å². The summed E-state index contributed by atoms with van der Waals surface area (Å²) in [5.41, 5.74) is 8.52. The average molecular weight is 311 g/mol. The summed E-state index contributed by atoms with van der Waals surface area (Å²) < 4.78 is 26.3. The molecule has 0 saturated carbocycles. The molecule has 0 aliphatic carbocycles. The summed E-state index contributed by atoms with van der Waals surface area (Å²) in [6.07, 6.45) is 0.830. The van der Waals surface area contributed by atoms with Crippen LogP contribution in [0.5, 0.6) is 0 Å². The zero-order valence-corrected chi connectivity index (χ0v) is 12.4. The van der Waals surface area contributed by atoms with Crippen LogP contribution in [0.15, 0.2) is 34.5 Å². The molecule has 1 aliphatic rings. The van der Waals surface area contributed by atoms with Gasteiger partial charge < -0.3 is 5.11 Å². The van der Waals surface area contributed by atoms with E-state index in [4.69, 9.17) is 5.53 Å². The third kappa shape index (κ3) is 3.51. The molecule has 2 heterocycles. The highest BCUT2D eigenvalue weighted by molar-refractivity contribution is 7.89. The van der Waals surface area contributed by atoms with E-state index in [0.717, 1.165) is 0 Å². The number of aliphatic hydroxyl groups excluding tert-OH is 1. The molecule has 1 saturated heterocycles. The third-order valence-electron chi connectivity index (χ3n) is 3.44. The van der Waals surface area contributed by atoms with Crippen LogP contribution in [0.25, 0.3) is 10.4 Å². The van der Waals surface area contributed by atoms with Gasteiger partial charge in [0.05, 0.1) is 12.1 Å². The molecule has 0 aromatic carbocycles. The van der Waals surface area contributed by atoms with E-state index in [-0.39, 0.29) is 24.0 Å². The number of sulfonamides is 1. The summed E-state index contributed by atoms with van der Waals surface area (Å²) in [6.45, 7) is 2.01. The van der Waals surface area contributed by atoms with E-state index >= 15 is 0 Å². The minimum atomic E-state index is -3.76. The molecule has 3 atom stereocenters. The standard InChI is InChI=1S/C12H17N5O3S/c1-9-6-10(15-16-13)11(18)8-17(7-9)21(19,20)12-4-2-3-5-14-12/h2-5,9-11,18H,6-8H2,1H3/t9-,10+,11+/m0/s1. The first kappa shape index (κ1) is 15.7. The van der Waals surface area contributed by atoms with E-state index in [0.29, 0.717) is 6.42 Å². The summed E-state index contributed by atoms with van der Waals surface area (Å²) in [6, 6.07) is 4.04. The zero-order chi connectivity index (χ0) is 15.5. The van der Waals surface area contributed by atoms with E-state index in [1.165, 1.54) is 16.6 Å². The number of nitrogens with zero attached hydrogens (tertiary/aromatic N) is 5. The maximum absolute atomic E-state index is 12.5. The molecule has 0 amide bonds. The lowest BCUT2D eigenvalue weighted by Crippen LogP contribution is -2.39. The smallest absolute Gasteiger partial charge is 0.260 e. The molecule has 21 heavy (non-hydrogen) atoms. The molecule has 1 aromatic heterocycles. The van der Waals surface area contributed by atoms with E-state index in [1.54, 1.807) is 12.1 Å². The Kier molecular flexibility index (Phi) is 4.79. The molecule has 0 spiro atoms. The first-order chi connectivity index (χ1) is 9.95. The Hall–Kier alpha value is -1.67. The molecular formula is C12H17N5O3S. The Bertz CT molecular complexity index is 630. The topological polar surface area (TPSA) is 119 Å². The van der Waals surface area contributed by atoms with Gasteiger partial charge in [-0.15, -0.1) is 0 Å². The summed E-state index contributed by atoms with van der Waals surface area (Å²) in [5.74, 6) is -0.0314. The van der Waals surface area contributed by atoms with Gasteiger partial charge in [-0.25, -0.2) is 13.4 Å². The number of azide groups is 1. The summed E-state index contributed by atoms with van der Waals surface area (Å²) in [7, 11) is -3.76. The second-order valence-electron chi connectivity index (χ2n) is 5.17. The first-order valence-corrected chi connectivity index (χ1v) is 8.02. The van der Waals surface area contributed by atoms with Crippen LogP contribution in [0.4, 0.5) is 0 Å². The molecule has 1 fully saturated rings. The Labute approximate surface area is 123 Å². The number of aliphatic hydroxyl groups is 1. The van der Waals surface area contributed by atoms with Gasteiger partial charge in [0.1, 0.15) is 0 Å². The van der Waals surface area contributed by atoms with Gasteiger partial charge in [-0.05, 0) is 30.0 Å². The number of hydrogen-bond donors (Lipinski definition) is 1. The average Bonchev–Trinajstić information content (AvgIpc) is 2.60. The van der Waals surface area contributed by atoms with Gasteiger partial charge >= 0.3 is 0 Å². The van der Waals surface area contributed by atoms with Crippen molar-refractivity contribution in [3.8, 4) is 0 Å². The maximum atomic E-state index is 12.5. The van der Waals surface area contributed by atoms with Crippen LogP contribution in [-0.4, -0.2) is 48.0 Å². The van der Waals surface area contributed by atoms with Crippen molar-refractivity contribution in [3.05, 3.63) is 34.8 Å². The lowest BCUT2D eigenvalue weighted by molar-refractivity contribution is 0.130. The van der Waals surface area contributed by atoms with Gasteiger partial charge in [0.2, 0.25) is 0 Å². The predicted octanol–water partition coefficient (Wildman–Crippen LogP) is 1.15. The van der Waals surface area contributed by atoms with Gasteiger partial charge in [-0.1, -0.05) is 18.1 Å². The fourth-order valence-corrected chi connectivity index (χ4v) is 3.92. The molecular weight excluding hydrogens is 294 g/mol. The number of rotatable bonds is 3. The third-order valence-corrected chi connectivity index (χ3v) is 5.18.